The zero-order valence-corrected chi connectivity index (χ0v) is 12.3. The van der Waals surface area contributed by atoms with E-state index in [4.69, 9.17) is 5.11 Å². The van der Waals surface area contributed by atoms with Crippen molar-refractivity contribution in [2.45, 2.75) is 32.7 Å². The highest BCUT2D eigenvalue weighted by Gasteiger charge is 2.27. The lowest BCUT2D eigenvalue weighted by Gasteiger charge is -2.23. The molecule has 0 spiro atoms. The third-order valence-corrected chi connectivity index (χ3v) is 3.26. The molecule has 1 heterocycles. The van der Waals surface area contributed by atoms with Crippen LogP contribution in [0.1, 0.15) is 26.7 Å². The van der Waals surface area contributed by atoms with Gasteiger partial charge >= 0.3 is 12.0 Å². The lowest BCUT2D eigenvalue weighted by atomic mass is 10.0. The number of carbonyl (C=O) groups is 3. The molecule has 114 valence electrons. The van der Waals surface area contributed by atoms with Crippen LogP contribution in [0.15, 0.2) is 0 Å². The van der Waals surface area contributed by atoms with Gasteiger partial charge in [-0.25, -0.2) is 9.59 Å². The van der Waals surface area contributed by atoms with Gasteiger partial charge in [0, 0.05) is 20.1 Å². The number of amides is 3. The van der Waals surface area contributed by atoms with Crippen molar-refractivity contribution in [3.63, 3.8) is 0 Å². The number of carbonyl (C=O) groups excluding carboxylic acids is 2. The molecule has 7 heteroatoms. The molecule has 0 aromatic heterocycles. The maximum Gasteiger partial charge on any atom is 0.326 e. The molecule has 0 saturated carbocycles. The van der Waals surface area contributed by atoms with Crippen LogP contribution < -0.4 is 5.32 Å². The van der Waals surface area contributed by atoms with E-state index in [0.29, 0.717) is 25.9 Å². The van der Waals surface area contributed by atoms with E-state index in [2.05, 4.69) is 5.32 Å². The second kappa shape index (κ2) is 7.12. The van der Waals surface area contributed by atoms with Crippen molar-refractivity contribution in [3.8, 4) is 0 Å². The molecule has 1 saturated heterocycles. The Balaban J connectivity index is 2.63. The highest BCUT2D eigenvalue weighted by atomic mass is 16.4. The number of nitrogens with zero attached hydrogens (tertiary/aromatic N) is 2. The van der Waals surface area contributed by atoms with Gasteiger partial charge in [-0.05, 0) is 18.8 Å². The van der Waals surface area contributed by atoms with Crippen molar-refractivity contribution in [3.05, 3.63) is 0 Å². The predicted molar refractivity (Wildman–Crippen MR) is 73.2 cm³/mol. The van der Waals surface area contributed by atoms with Gasteiger partial charge in [-0.15, -0.1) is 0 Å². The minimum absolute atomic E-state index is 0.00362. The zero-order chi connectivity index (χ0) is 15.3. The average molecular weight is 285 g/mol. The molecule has 1 aliphatic rings. The Bertz CT molecular complexity index is 384. The summed E-state index contributed by atoms with van der Waals surface area (Å²) < 4.78 is 0. The monoisotopic (exact) mass is 285 g/mol. The van der Waals surface area contributed by atoms with E-state index in [1.807, 2.05) is 13.8 Å². The molecule has 0 bridgehead atoms. The summed E-state index contributed by atoms with van der Waals surface area (Å²) in [6.45, 7) is 4.85. The van der Waals surface area contributed by atoms with Crippen molar-refractivity contribution < 1.29 is 19.5 Å². The number of nitrogens with one attached hydrogen (secondary N) is 1. The van der Waals surface area contributed by atoms with Crippen LogP contribution in [-0.2, 0) is 9.59 Å². The first-order chi connectivity index (χ1) is 9.31. The van der Waals surface area contributed by atoms with Crippen LogP contribution in [0.2, 0.25) is 0 Å². The van der Waals surface area contributed by atoms with Gasteiger partial charge in [0.25, 0.3) is 0 Å². The maximum atomic E-state index is 12.1. The number of hydrogen-bond acceptors (Lipinski definition) is 3. The number of carboxylic acid groups (broad SMARTS) is 1. The second-order valence-corrected chi connectivity index (χ2v) is 5.56. The van der Waals surface area contributed by atoms with Crippen molar-refractivity contribution in [1.29, 1.82) is 0 Å². The second-order valence-electron chi connectivity index (χ2n) is 5.56. The summed E-state index contributed by atoms with van der Waals surface area (Å²) in [7, 11) is 1.70. The van der Waals surface area contributed by atoms with Crippen molar-refractivity contribution in [1.82, 2.24) is 15.1 Å². The highest BCUT2D eigenvalue weighted by Crippen LogP contribution is 2.07. The molecular formula is C13H23N3O4. The van der Waals surface area contributed by atoms with E-state index in [0.717, 1.165) is 0 Å². The molecule has 0 aliphatic carbocycles. The van der Waals surface area contributed by atoms with Gasteiger partial charge < -0.3 is 20.2 Å². The smallest absolute Gasteiger partial charge is 0.326 e. The third-order valence-electron chi connectivity index (χ3n) is 3.26. The van der Waals surface area contributed by atoms with E-state index >= 15 is 0 Å². The molecule has 2 N–H and O–H groups in total. The number of hydrogen-bond donors (Lipinski definition) is 2. The number of rotatable bonds is 4. The number of likely N-dealkylation sites (N-methyl/N-ethyl adjacent to an activating group) is 1. The Morgan fingerprint density at radius 3 is 2.55 bits per heavy atom. The summed E-state index contributed by atoms with van der Waals surface area (Å²) in [4.78, 5) is 37.9. The first kappa shape index (κ1) is 16.3. The van der Waals surface area contributed by atoms with Gasteiger partial charge in [0.1, 0.15) is 12.6 Å². The normalized spacial score (nSPS) is 17.9. The van der Waals surface area contributed by atoms with Crippen molar-refractivity contribution >= 4 is 17.9 Å². The molecule has 7 nitrogen and oxygen atoms in total. The average Bonchev–Trinajstić information content (AvgIpc) is 2.50. The fourth-order valence-electron chi connectivity index (χ4n) is 2.09. The first-order valence-corrected chi connectivity index (χ1v) is 6.83. The van der Waals surface area contributed by atoms with Gasteiger partial charge in [0.15, 0.2) is 0 Å². The predicted octanol–water partition coefficient (Wildman–Crippen LogP) is 0.359. The SMILES string of the molecule is CC(C)C[C@@H](NC(=O)N1CCCN(C)C(=O)C1)C(=O)O. The summed E-state index contributed by atoms with van der Waals surface area (Å²) >= 11 is 0. The van der Waals surface area contributed by atoms with Crippen molar-refractivity contribution in [2.24, 2.45) is 5.92 Å². The van der Waals surface area contributed by atoms with Gasteiger partial charge in [-0.1, -0.05) is 13.8 Å². The molecule has 1 atom stereocenters. The summed E-state index contributed by atoms with van der Waals surface area (Å²) in [6, 6.07) is -1.40. The fraction of sp³-hybridized carbons (Fsp3) is 0.769. The number of urea groups is 1. The van der Waals surface area contributed by atoms with Crippen LogP contribution in [0.25, 0.3) is 0 Å². The van der Waals surface area contributed by atoms with Gasteiger partial charge in [-0.3, -0.25) is 4.79 Å². The molecule has 3 amide bonds. The van der Waals surface area contributed by atoms with E-state index in [1.54, 1.807) is 11.9 Å². The summed E-state index contributed by atoms with van der Waals surface area (Å²) in [5.41, 5.74) is 0. The largest absolute Gasteiger partial charge is 0.480 e. The van der Waals surface area contributed by atoms with Crippen LogP contribution in [0.4, 0.5) is 4.79 Å². The van der Waals surface area contributed by atoms with E-state index in [9.17, 15) is 14.4 Å². The third kappa shape index (κ3) is 4.71. The molecule has 1 aliphatic heterocycles. The van der Waals surface area contributed by atoms with Gasteiger partial charge in [-0.2, -0.15) is 0 Å². The minimum Gasteiger partial charge on any atom is -0.480 e. The Morgan fingerprint density at radius 1 is 1.35 bits per heavy atom. The Morgan fingerprint density at radius 2 is 2.00 bits per heavy atom. The van der Waals surface area contributed by atoms with Crippen LogP contribution in [0, 0.1) is 5.92 Å². The molecule has 20 heavy (non-hydrogen) atoms. The molecule has 0 aromatic carbocycles. The van der Waals surface area contributed by atoms with Crippen molar-refractivity contribution in [2.75, 3.05) is 26.7 Å². The minimum atomic E-state index is -1.05. The van der Waals surface area contributed by atoms with E-state index in [-0.39, 0.29) is 18.4 Å². The van der Waals surface area contributed by atoms with E-state index < -0.39 is 18.0 Å². The molecule has 0 radical (unpaired) electrons. The maximum absolute atomic E-state index is 12.1. The molecule has 1 rings (SSSR count). The molecular weight excluding hydrogens is 262 g/mol. The Kier molecular flexibility index (Phi) is 5.79. The standard InChI is InChI=1S/C13H23N3O4/c1-9(2)7-10(12(18)19)14-13(20)16-6-4-5-15(3)11(17)8-16/h9-10H,4-8H2,1-3H3,(H,14,20)(H,18,19)/t10-/m1/s1. The quantitative estimate of drug-likeness (QED) is 0.780. The highest BCUT2D eigenvalue weighted by molar-refractivity contribution is 5.86. The van der Waals surface area contributed by atoms with Gasteiger partial charge in [0.2, 0.25) is 5.91 Å². The van der Waals surface area contributed by atoms with Gasteiger partial charge in [0.05, 0.1) is 0 Å². The summed E-state index contributed by atoms with van der Waals surface area (Å²) in [6.07, 6.45) is 1.06. The van der Waals surface area contributed by atoms with Crippen LogP contribution in [0.5, 0.6) is 0 Å². The van der Waals surface area contributed by atoms with Crippen LogP contribution >= 0.6 is 0 Å². The van der Waals surface area contributed by atoms with Crippen LogP contribution in [0.3, 0.4) is 0 Å². The number of carboxylic acids is 1. The molecule has 1 fully saturated rings. The summed E-state index contributed by atoms with van der Waals surface area (Å²) in [5, 5.41) is 11.6. The molecule has 0 unspecified atom stereocenters. The number of aliphatic carboxylic acids is 1. The lowest BCUT2D eigenvalue weighted by Crippen LogP contribution is -2.50. The summed E-state index contributed by atoms with van der Waals surface area (Å²) in [5.74, 6) is -1.02. The molecule has 0 aromatic rings. The van der Waals surface area contributed by atoms with E-state index in [1.165, 1.54) is 4.90 Å². The Hall–Kier alpha value is -1.79. The zero-order valence-electron chi connectivity index (χ0n) is 12.3. The van der Waals surface area contributed by atoms with Crippen LogP contribution in [-0.4, -0.2) is 65.5 Å². The Labute approximate surface area is 118 Å². The topological polar surface area (TPSA) is 90.0 Å². The first-order valence-electron chi connectivity index (χ1n) is 6.83. The lowest BCUT2D eigenvalue weighted by molar-refractivity contribution is -0.139. The fourth-order valence-corrected chi connectivity index (χ4v) is 2.09.